The Balaban J connectivity index is 0.0000101. The van der Waals surface area contributed by atoms with Crippen molar-refractivity contribution in [2.24, 2.45) is 9.98 Å². The molecule has 0 saturated carbocycles. The molecule has 0 saturated heterocycles. The second-order valence-corrected chi connectivity index (χ2v) is 12.6. The van der Waals surface area contributed by atoms with Crippen LogP contribution in [0.4, 0.5) is 11.4 Å². The fraction of sp³-hybridized carbons (Fsp3) is 0.619. The average molecular weight is 656 g/mol. The van der Waals surface area contributed by atoms with Crippen molar-refractivity contribution >= 4 is 22.8 Å². The van der Waals surface area contributed by atoms with Crippen LogP contribution in [-0.4, -0.2) is 11.4 Å². The quantitative estimate of drug-likeness (QED) is 0.0417. The van der Waals surface area contributed by atoms with Gasteiger partial charge in [-0.2, -0.15) is 0 Å². The molecular weight excluding hydrogens is 591 g/mol. The van der Waals surface area contributed by atoms with Gasteiger partial charge in [0.1, 0.15) is 5.71 Å². The smallest absolute Gasteiger partial charge is 0.135 e. The van der Waals surface area contributed by atoms with Crippen LogP contribution in [0.2, 0.25) is 0 Å². The van der Waals surface area contributed by atoms with Crippen LogP contribution in [-0.2, 0) is 16.5 Å². The topological polar surface area (TPSA) is 24.7 Å². The third-order valence-electron chi connectivity index (χ3n) is 8.42. The van der Waals surface area contributed by atoms with E-state index in [1.54, 1.807) is 0 Å². The molecule has 0 spiro atoms. The minimum Gasteiger partial charge on any atom is -0.251 e. The Labute approximate surface area is 288 Å². The van der Waals surface area contributed by atoms with Gasteiger partial charge in [0.2, 0.25) is 0 Å². The number of aliphatic imine (C=N–C) groups is 2. The molecule has 0 aliphatic heterocycles. The molecule has 2 nitrogen and oxygen atoms in total. The Hall–Kier alpha value is -2.17. The normalized spacial score (nSPS) is 11.6. The van der Waals surface area contributed by atoms with E-state index in [1.165, 1.54) is 128 Å². The number of nitrogens with zero attached hydrogens (tertiary/aromatic N) is 2. The van der Waals surface area contributed by atoms with Crippen molar-refractivity contribution in [1.82, 2.24) is 0 Å². The maximum absolute atomic E-state index is 4.98. The van der Waals surface area contributed by atoms with Gasteiger partial charge in [0, 0.05) is 22.9 Å². The summed E-state index contributed by atoms with van der Waals surface area (Å²) in [5, 5.41) is 0. The van der Waals surface area contributed by atoms with Crippen LogP contribution in [0.3, 0.4) is 0 Å². The van der Waals surface area contributed by atoms with Crippen LogP contribution >= 0.6 is 0 Å². The Morgan fingerprint density at radius 1 is 0.467 bits per heavy atom. The van der Waals surface area contributed by atoms with Crippen molar-refractivity contribution < 1.29 is 16.5 Å². The molecule has 0 aliphatic rings. The molecule has 2 rings (SSSR count). The number of para-hydroxylation sites is 2. The minimum absolute atomic E-state index is 0. The van der Waals surface area contributed by atoms with Crippen molar-refractivity contribution in [1.29, 1.82) is 0 Å². The summed E-state index contributed by atoms with van der Waals surface area (Å²) in [5.74, 6) is 6.87. The number of hydrogen-bond acceptors (Lipinski definition) is 2. The van der Waals surface area contributed by atoms with E-state index in [0.717, 1.165) is 48.5 Å². The summed E-state index contributed by atoms with van der Waals surface area (Å²) in [6, 6.07) is 20.4. The average Bonchev–Trinajstić information content (AvgIpc) is 3.06. The molecule has 0 aliphatic carbocycles. The zero-order valence-corrected chi connectivity index (χ0v) is 29.9. The molecule has 0 radical (unpaired) electrons. The van der Waals surface area contributed by atoms with Gasteiger partial charge in [-0.05, 0) is 49.4 Å². The van der Waals surface area contributed by atoms with Crippen molar-refractivity contribution in [3.63, 3.8) is 0 Å². The van der Waals surface area contributed by atoms with E-state index in [0.29, 0.717) is 0 Å². The molecule has 0 heterocycles. The minimum atomic E-state index is 0. The van der Waals surface area contributed by atoms with Crippen LogP contribution in [0.25, 0.3) is 0 Å². The Morgan fingerprint density at radius 2 is 0.844 bits per heavy atom. The third-order valence-corrected chi connectivity index (χ3v) is 8.42. The maximum Gasteiger partial charge on any atom is 0.135 e. The second-order valence-electron chi connectivity index (χ2n) is 12.6. The zero-order valence-electron chi connectivity index (χ0n) is 29.0. The van der Waals surface area contributed by atoms with Crippen LogP contribution in [0.1, 0.15) is 168 Å². The van der Waals surface area contributed by atoms with Crippen LogP contribution < -0.4 is 0 Å². The Kier molecular flexibility index (Phi) is 27.7. The first kappa shape index (κ1) is 40.9. The number of benzene rings is 2. The van der Waals surface area contributed by atoms with E-state index in [4.69, 9.17) is 9.98 Å². The number of hydrogen-bond donors (Lipinski definition) is 0. The molecule has 0 N–H and O–H groups in total. The maximum atomic E-state index is 4.98. The van der Waals surface area contributed by atoms with Crippen LogP contribution in [0.5, 0.6) is 0 Å². The molecule has 0 fully saturated rings. The molecule has 0 aromatic heterocycles. The summed E-state index contributed by atoms with van der Waals surface area (Å²) in [5.41, 5.74) is 3.72. The summed E-state index contributed by atoms with van der Waals surface area (Å²) >= 11 is 0. The first-order valence-electron chi connectivity index (χ1n) is 18.6. The van der Waals surface area contributed by atoms with Gasteiger partial charge in [-0.15, -0.1) is 0 Å². The van der Waals surface area contributed by atoms with Gasteiger partial charge in [0.25, 0.3) is 0 Å². The molecular formula is C42H64N2Ni. The summed E-state index contributed by atoms with van der Waals surface area (Å²) in [7, 11) is 0. The molecule has 0 unspecified atom stereocenters. The molecule has 0 atom stereocenters. The summed E-state index contributed by atoms with van der Waals surface area (Å²) in [4.78, 5) is 9.93. The summed E-state index contributed by atoms with van der Waals surface area (Å²) < 4.78 is 0. The van der Waals surface area contributed by atoms with Gasteiger partial charge >= 0.3 is 0 Å². The summed E-state index contributed by atoms with van der Waals surface area (Å²) in [6.45, 7) is 4.52. The standard InChI is InChI=1S/C42H64N2.Ni/c1-3-5-7-8-9-10-11-12-13-14-15-16-17-18-19-20-21-22-23-24-25-32-38-42(44-40-35-30-27-31-36-40)41(37-6-4-2)43-39-33-28-26-29-34-39;/h26-31,33-36H,3-25,37H2,1-2H3;/b43-41+,44-42+;. The molecule has 3 heteroatoms. The second kappa shape index (κ2) is 30.5. The van der Waals surface area contributed by atoms with E-state index >= 15 is 0 Å². The van der Waals surface area contributed by atoms with Crippen molar-refractivity contribution in [3.05, 3.63) is 60.7 Å². The van der Waals surface area contributed by atoms with Gasteiger partial charge in [0.15, 0.2) is 0 Å². The molecule has 0 amide bonds. The van der Waals surface area contributed by atoms with E-state index in [-0.39, 0.29) is 16.5 Å². The van der Waals surface area contributed by atoms with Crippen molar-refractivity contribution in [2.45, 2.75) is 168 Å². The predicted octanol–water partition coefficient (Wildman–Crippen LogP) is 13.9. The third kappa shape index (κ3) is 22.9. The first-order chi connectivity index (χ1) is 21.8. The zero-order chi connectivity index (χ0) is 31.2. The predicted molar refractivity (Wildman–Crippen MR) is 197 cm³/mol. The van der Waals surface area contributed by atoms with Crippen molar-refractivity contribution in [2.75, 3.05) is 0 Å². The van der Waals surface area contributed by atoms with E-state index in [1.807, 2.05) is 48.5 Å². The van der Waals surface area contributed by atoms with E-state index in [2.05, 4.69) is 37.8 Å². The molecule has 2 aromatic carbocycles. The van der Waals surface area contributed by atoms with E-state index in [9.17, 15) is 0 Å². The SMILES string of the molecule is CCCCCCCCCCCCCCCCCCCCCCC#CC(=N\c1ccccc1)/C(CCCC)=N/c1ccccc1.[Ni]. The molecule has 252 valence electrons. The van der Waals surface area contributed by atoms with Crippen molar-refractivity contribution in [3.8, 4) is 11.8 Å². The molecule has 0 bridgehead atoms. The van der Waals surface area contributed by atoms with Crippen LogP contribution in [0, 0.1) is 11.8 Å². The fourth-order valence-corrected chi connectivity index (χ4v) is 5.64. The fourth-order valence-electron chi connectivity index (χ4n) is 5.64. The van der Waals surface area contributed by atoms with Gasteiger partial charge < -0.3 is 0 Å². The van der Waals surface area contributed by atoms with E-state index < -0.39 is 0 Å². The van der Waals surface area contributed by atoms with Gasteiger partial charge in [-0.1, -0.05) is 185 Å². The molecule has 2 aromatic rings. The first-order valence-corrected chi connectivity index (χ1v) is 18.6. The van der Waals surface area contributed by atoms with Gasteiger partial charge in [-0.3, -0.25) is 4.99 Å². The number of unbranched alkanes of at least 4 members (excludes halogenated alkanes) is 21. The van der Waals surface area contributed by atoms with Crippen LogP contribution in [0.15, 0.2) is 70.6 Å². The largest absolute Gasteiger partial charge is 0.251 e. The summed E-state index contributed by atoms with van der Waals surface area (Å²) in [6.07, 6.45) is 32.2. The Bertz CT molecular complexity index is 1050. The molecule has 45 heavy (non-hydrogen) atoms. The Morgan fingerprint density at radius 3 is 1.27 bits per heavy atom. The number of rotatable bonds is 26. The van der Waals surface area contributed by atoms with Gasteiger partial charge in [-0.25, -0.2) is 4.99 Å². The monoisotopic (exact) mass is 654 g/mol. The van der Waals surface area contributed by atoms with Gasteiger partial charge in [0.05, 0.1) is 17.1 Å².